The van der Waals surface area contributed by atoms with Crippen molar-refractivity contribution in [3.05, 3.63) is 42.1 Å². The van der Waals surface area contributed by atoms with Crippen LogP contribution in [0.3, 0.4) is 0 Å². The van der Waals surface area contributed by atoms with Gasteiger partial charge in [0.1, 0.15) is 16.5 Å². The molecule has 3 rings (SSSR count). The maximum absolute atomic E-state index is 12.5. The lowest BCUT2D eigenvalue weighted by atomic mass is 10.1. The summed E-state index contributed by atoms with van der Waals surface area (Å²) in [6.07, 6.45) is 3.12. The lowest BCUT2D eigenvalue weighted by molar-refractivity contribution is 0.280. The number of hydrogen-bond acceptors (Lipinski definition) is 5. The minimum Gasteiger partial charge on any atom is -0.492 e. The van der Waals surface area contributed by atoms with Crippen LogP contribution in [0.2, 0.25) is 0 Å². The predicted molar refractivity (Wildman–Crippen MR) is 79.7 cm³/mol. The van der Waals surface area contributed by atoms with E-state index >= 15 is 0 Å². The summed E-state index contributed by atoms with van der Waals surface area (Å²) in [5, 5.41) is 0. The van der Waals surface area contributed by atoms with Gasteiger partial charge in [-0.3, -0.25) is 4.72 Å². The molecule has 0 aliphatic carbocycles. The minimum atomic E-state index is -3.79. The van der Waals surface area contributed by atoms with E-state index in [1.165, 1.54) is 12.3 Å². The van der Waals surface area contributed by atoms with Gasteiger partial charge in [-0.1, -0.05) is 6.07 Å². The van der Waals surface area contributed by atoms with Crippen molar-refractivity contribution in [1.82, 2.24) is 4.98 Å². The van der Waals surface area contributed by atoms with E-state index < -0.39 is 10.0 Å². The molecule has 3 N–H and O–H groups in total. The average Bonchev–Trinajstić information content (AvgIpc) is 2.47. The fourth-order valence-electron chi connectivity index (χ4n) is 2.29. The van der Waals surface area contributed by atoms with Crippen molar-refractivity contribution in [1.29, 1.82) is 0 Å². The van der Waals surface area contributed by atoms with Crippen molar-refractivity contribution in [2.45, 2.75) is 17.7 Å². The SMILES string of the molecule is Nc1cc2c(c(S(=O)(=O)Nc3ccccn3)c1)OCCC2. The molecule has 21 heavy (non-hydrogen) atoms. The molecule has 1 aliphatic heterocycles. The maximum atomic E-state index is 12.5. The molecule has 6 nitrogen and oxygen atoms in total. The van der Waals surface area contributed by atoms with Crippen molar-refractivity contribution in [2.24, 2.45) is 0 Å². The molecular weight excluding hydrogens is 290 g/mol. The number of aryl methyl sites for hydroxylation is 1. The first-order valence-electron chi connectivity index (χ1n) is 6.55. The molecule has 0 radical (unpaired) electrons. The Hall–Kier alpha value is -2.28. The number of nitrogens with one attached hydrogen (secondary N) is 1. The van der Waals surface area contributed by atoms with Crippen LogP contribution in [-0.4, -0.2) is 20.0 Å². The Bertz CT molecular complexity index is 761. The number of hydrogen-bond donors (Lipinski definition) is 2. The summed E-state index contributed by atoms with van der Waals surface area (Å²) < 4.78 is 33.1. The standard InChI is InChI=1S/C14H15N3O3S/c15-11-8-10-4-3-7-20-14(10)12(9-11)21(18,19)17-13-5-1-2-6-16-13/h1-2,5-6,8-9H,3-4,7,15H2,(H,16,17). The molecule has 1 aromatic heterocycles. The number of nitrogen functional groups attached to an aromatic ring is 1. The summed E-state index contributed by atoms with van der Waals surface area (Å²) in [7, 11) is -3.79. The van der Waals surface area contributed by atoms with Gasteiger partial charge in [0.15, 0.2) is 0 Å². The van der Waals surface area contributed by atoms with Gasteiger partial charge in [0.05, 0.1) is 6.61 Å². The summed E-state index contributed by atoms with van der Waals surface area (Å²) >= 11 is 0. The van der Waals surface area contributed by atoms with E-state index in [1.54, 1.807) is 24.3 Å². The van der Waals surface area contributed by atoms with Crippen molar-refractivity contribution >= 4 is 21.5 Å². The molecule has 0 bridgehead atoms. The molecule has 110 valence electrons. The first kappa shape index (κ1) is 13.7. The number of fused-ring (bicyclic) bond motifs is 1. The molecule has 0 unspecified atom stereocenters. The van der Waals surface area contributed by atoms with E-state index in [1.807, 2.05) is 0 Å². The predicted octanol–water partition coefficient (Wildman–Crippen LogP) is 1.79. The smallest absolute Gasteiger partial charge is 0.266 e. The first-order valence-corrected chi connectivity index (χ1v) is 8.03. The summed E-state index contributed by atoms with van der Waals surface area (Å²) in [6.45, 7) is 0.503. The Morgan fingerprint density at radius 3 is 2.90 bits per heavy atom. The highest BCUT2D eigenvalue weighted by atomic mass is 32.2. The van der Waals surface area contributed by atoms with Gasteiger partial charge in [-0.05, 0) is 42.7 Å². The minimum absolute atomic E-state index is 0.0582. The maximum Gasteiger partial charge on any atom is 0.266 e. The number of rotatable bonds is 3. The second-order valence-corrected chi connectivity index (χ2v) is 6.43. The van der Waals surface area contributed by atoms with Crippen LogP contribution in [0.5, 0.6) is 5.75 Å². The quantitative estimate of drug-likeness (QED) is 0.843. The first-order chi connectivity index (χ1) is 10.1. The normalized spacial score (nSPS) is 14.1. The van der Waals surface area contributed by atoms with Crippen molar-refractivity contribution < 1.29 is 13.2 Å². The molecule has 1 aromatic carbocycles. The summed E-state index contributed by atoms with van der Waals surface area (Å²) in [4.78, 5) is 4.02. The van der Waals surface area contributed by atoms with Gasteiger partial charge in [-0.15, -0.1) is 0 Å². The van der Waals surface area contributed by atoms with Gasteiger partial charge in [-0.2, -0.15) is 0 Å². The highest BCUT2D eigenvalue weighted by molar-refractivity contribution is 7.92. The topological polar surface area (TPSA) is 94.3 Å². The lowest BCUT2D eigenvalue weighted by Crippen LogP contribution is -2.18. The Labute approximate surface area is 123 Å². The number of nitrogens with zero attached hydrogens (tertiary/aromatic N) is 1. The lowest BCUT2D eigenvalue weighted by Gasteiger charge is -2.21. The van der Waals surface area contributed by atoms with Crippen LogP contribution in [0.15, 0.2) is 41.4 Å². The highest BCUT2D eigenvalue weighted by Gasteiger charge is 2.25. The third-order valence-electron chi connectivity index (χ3n) is 3.18. The van der Waals surface area contributed by atoms with Crippen molar-refractivity contribution in [3.8, 4) is 5.75 Å². The number of nitrogens with two attached hydrogens (primary N) is 1. The fourth-order valence-corrected chi connectivity index (χ4v) is 3.52. The molecule has 0 atom stereocenters. The molecule has 0 saturated carbocycles. The molecule has 0 saturated heterocycles. The Morgan fingerprint density at radius 1 is 1.29 bits per heavy atom. The molecule has 2 aromatic rings. The van der Waals surface area contributed by atoms with Crippen LogP contribution in [0.4, 0.5) is 11.5 Å². The molecule has 7 heteroatoms. The van der Waals surface area contributed by atoms with Crippen molar-refractivity contribution in [2.75, 3.05) is 17.1 Å². The number of ether oxygens (including phenoxy) is 1. The molecule has 0 fully saturated rings. The molecule has 1 aliphatic rings. The van der Waals surface area contributed by atoms with E-state index in [0.717, 1.165) is 18.4 Å². The second-order valence-electron chi connectivity index (χ2n) is 4.78. The molecular formula is C14H15N3O3S. The van der Waals surface area contributed by atoms with Crippen LogP contribution < -0.4 is 15.2 Å². The third-order valence-corrected chi connectivity index (χ3v) is 4.54. The van der Waals surface area contributed by atoms with E-state index in [0.29, 0.717) is 18.0 Å². The van der Waals surface area contributed by atoms with Gasteiger partial charge >= 0.3 is 0 Å². The van der Waals surface area contributed by atoms with Gasteiger partial charge in [0, 0.05) is 11.9 Å². The number of pyridine rings is 1. The molecule has 0 spiro atoms. The number of aromatic nitrogens is 1. The third kappa shape index (κ3) is 2.78. The van der Waals surface area contributed by atoms with Gasteiger partial charge < -0.3 is 10.5 Å². The molecule has 2 heterocycles. The van der Waals surface area contributed by atoms with Crippen LogP contribution in [0, 0.1) is 0 Å². The summed E-state index contributed by atoms with van der Waals surface area (Å²) in [5.41, 5.74) is 7.03. The number of anilines is 2. The largest absolute Gasteiger partial charge is 0.492 e. The Balaban J connectivity index is 2.05. The summed E-state index contributed by atoms with van der Waals surface area (Å²) in [6, 6.07) is 8.17. The zero-order chi connectivity index (χ0) is 14.9. The van der Waals surface area contributed by atoms with Crippen LogP contribution in [0.1, 0.15) is 12.0 Å². The Morgan fingerprint density at radius 2 is 2.14 bits per heavy atom. The van der Waals surface area contributed by atoms with E-state index in [-0.39, 0.29) is 10.7 Å². The highest BCUT2D eigenvalue weighted by Crippen LogP contribution is 2.35. The van der Waals surface area contributed by atoms with Crippen LogP contribution >= 0.6 is 0 Å². The van der Waals surface area contributed by atoms with E-state index in [2.05, 4.69) is 9.71 Å². The van der Waals surface area contributed by atoms with Gasteiger partial charge in [0.25, 0.3) is 10.0 Å². The van der Waals surface area contributed by atoms with Crippen LogP contribution in [-0.2, 0) is 16.4 Å². The number of sulfonamides is 1. The Kier molecular flexibility index (Phi) is 3.42. The summed E-state index contributed by atoms with van der Waals surface area (Å²) in [5.74, 6) is 0.642. The second kappa shape index (κ2) is 5.25. The zero-order valence-electron chi connectivity index (χ0n) is 11.2. The van der Waals surface area contributed by atoms with Gasteiger partial charge in [-0.25, -0.2) is 13.4 Å². The average molecular weight is 305 g/mol. The van der Waals surface area contributed by atoms with E-state index in [4.69, 9.17) is 10.5 Å². The monoisotopic (exact) mass is 305 g/mol. The fraction of sp³-hybridized carbons (Fsp3) is 0.214. The zero-order valence-corrected chi connectivity index (χ0v) is 12.1. The number of benzene rings is 1. The van der Waals surface area contributed by atoms with Crippen LogP contribution in [0.25, 0.3) is 0 Å². The van der Waals surface area contributed by atoms with Crippen molar-refractivity contribution in [3.63, 3.8) is 0 Å². The van der Waals surface area contributed by atoms with E-state index in [9.17, 15) is 8.42 Å². The van der Waals surface area contributed by atoms with Gasteiger partial charge in [0.2, 0.25) is 0 Å². The molecule has 0 amide bonds.